The van der Waals surface area contributed by atoms with Gasteiger partial charge in [0.15, 0.2) is 0 Å². The van der Waals surface area contributed by atoms with Crippen LogP contribution in [0, 0.1) is 12.8 Å². The van der Waals surface area contributed by atoms with E-state index in [4.69, 9.17) is 4.74 Å². The fraction of sp³-hybridized carbons (Fsp3) is 0.571. The van der Waals surface area contributed by atoms with Gasteiger partial charge in [0, 0.05) is 23.7 Å². The molecule has 1 aliphatic heterocycles. The number of rotatable bonds is 3. The highest BCUT2D eigenvalue weighted by molar-refractivity contribution is 9.10. The number of benzene rings is 1. The molecule has 3 heteroatoms. The van der Waals surface area contributed by atoms with Gasteiger partial charge in [-0.05, 0) is 49.9 Å². The molecule has 0 aromatic heterocycles. The van der Waals surface area contributed by atoms with Crippen LogP contribution in [0.1, 0.15) is 30.0 Å². The predicted octanol–water partition coefficient (Wildman–Crippen LogP) is 3.44. The lowest BCUT2D eigenvalue weighted by atomic mass is 9.87. The van der Waals surface area contributed by atoms with Gasteiger partial charge in [0.25, 0.3) is 0 Å². The largest absolute Gasteiger partial charge is 0.381 e. The molecule has 1 aromatic carbocycles. The summed E-state index contributed by atoms with van der Waals surface area (Å²) in [5.41, 5.74) is 2.66. The number of hydrogen-bond donors (Lipinski definition) is 1. The van der Waals surface area contributed by atoms with Crippen molar-refractivity contribution in [3.63, 3.8) is 0 Å². The Labute approximate surface area is 112 Å². The van der Waals surface area contributed by atoms with E-state index < -0.39 is 0 Å². The molecule has 1 unspecified atom stereocenters. The van der Waals surface area contributed by atoms with E-state index in [0.717, 1.165) is 26.1 Å². The normalized spacial score (nSPS) is 19.2. The summed E-state index contributed by atoms with van der Waals surface area (Å²) < 4.78 is 6.65. The maximum Gasteiger partial charge on any atom is 0.0469 e. The molecule has 1 saturated heterocycles. The molecule has 17 heavy (non-hydrogen) atoms. The van der Waals surface area contributed by atoms with Crippen molar-refractivity contribution in [2.24, 2.45) is 5.92 Å². The topological polar surface area (TPSA) is 21.3 Å². The molecular weight excluding hydrogens is 278 g/mol. The number of nitrogens with one attached hydrogen (secondary N) is 1. The second kappa shape index (κ2) is 5.98. The lowest BCUT2D eigenvalue weighted by Crippen LogP contribution is -2.30. The van der Waals surface area contributed by atoms with Crippen molar-refractivity contribution >= 4 is 15.9 Å². The highest BCUT2D eigenvalue weighted by Crippen LogP contribution is 2.34. The molecule has 1 heterocycles. The van der Waals surface area contributed by atoms with Gasteiger partial charge in [0.1, 0.15) is 0 Å². The van der Waals surface area contributed by atoms with Gasteiger partial charge in [-0.25, -0.2) is 0 Å². The Balaban J connectivity index is 2.21. The minimum atomic E-state index is 0.425. The Morgan fingerprint density at radius 2 is 2.06 bits per heavy atom. The van der Waals surface area contributed by atoms with Crippen molar-refractivity contribution in [3.05, 3.63) is 33.8 Å². The summed E-state index contributed by atoms with van der Waals surface area (Å²) in [6.07, 6.45) is 2.29. The first-order chi connectivity index (χ1) is 8.22. The molecule has 0 radical (unpaired) electrons. The third-order valence-electron chi connectivity index (χ3n) is 3.54. The van der Waals surface area contributed by atoms with Crippen LogP contribution < -0.4 is 5.32 Å². The predicted molar refractivity (Wildman–Crippen MR) is 74.2 cm³/mol. The molecule has 2 nitrogen and oxygen atoms in total. The van der Waals surface area contributed by atoms with E-state index in [-0.39, 0.29) is 0 Å². The van der Waals surface area contributed by atoms with E-state index in [1.165, 1.54) is 15.6 Å². The maximum atomic E-state index is 5.44. The molecule has 1 fully saturated rings. The fourth-order valence-electron chi connectivity index (χ4n) is 2.58. The van der Waals surface area contributed by atoms with Crippen LogP contribution in [-0.4, -0.2) is 20.3 Å². The van der Waals surface area contributed by atoms with Crippen LogP contribution in [0.2, 0.25) is 0 Å². The molecular formula is C14H20BrNO. The van der Waals surface area contributed by atoms with Crippen molar-refractivity contribution in [1.82, 2.24) is 5.32 Å². The summed E-state index contributed by atoms with van der Waals surface area (Å²) >= 11 is 3.68. The van der Waals surface area contributed by atoms with Gasteiger partial charge in [0.2, 0.25) is 0 Å². The Morgan fingerprint density at radius 3 is 2.65 bits per heavy atom. The van der Waals surface area contributed by atoms with Gasteiger partial charge in [-0.2, -0.15) is 0 Å². The average molecular weight is 298 g/mol. The molecule has 2 rings (SSSR count). The molecule has 1 atom stereocenters. The third-order valence-corrected chi connectivity index (χ3v) is 4.23. The SMILES string of the molecule is CNC(c1ccc(C)cc1Br)C1CCOCC1. The summed E-state index contributed by atoms with van der Waals surface area (Å²) in [5.74, 6) is 0.674. The van der Waals surface area contributed by atoms with Gasteiger partial charge in [-0.15, -0.1) is 0 Å². The zero-order chi connectivity index (χ0) is 12.3. The van der Waals surface area contributed by atoms with Crippen LogP contribution in [0.15, 0.2) is 22.7 Å². The monoisotopic (exact) mass is 297 g/mol. The molecule has 0 saturated carbocycles. The first kappa shape index (κ1) is 13.1. The van der Waals surface area contributed by atoms with Crippen LogP contribution in [0.3, 0.4) is 0 Å². The number of aryl methyl sites for hydroxylation is 1. The van der Waals surface area contributed by atoms with Crippen molar-refractivity contribution in [2.75, 3.05) is 20.3 Å². The quantitative estimate of drug-likeness (QED) is 0.923. The standard InChI is InChI=1S/C14H20BrNO/c1-10-3-4-12(13(15)9-10)14(16-2)11-5-7-17-8-6-11/h3-4,9,11,14,16H,5-8H2,1-2H3. The van der Waals surface area contributed by atoms with Crippen molar-refractivity contribution < 1.29 is 4.74 Å². The number of ether oxygens (including phenoxy) is 1. The van der Waals surface area contributed by atoms with E-state index in [9.17, 15) is 0 Å². The highest BCUT2D eigenvalue weighted by atomic mass is 79.9. The van der Waals surface area contributed by atoms with Crippen LogP contribution in [0.25, 0.3) is 0 Å². The van der Waals surface area contributed by atoms with Crippen LogP contribution >= 0.6 is 15.9 Å². The minimum Gasteiger partial charge on any atom is -0.381 e. The van der Waals surface area contributed by atoms with Gasteiger partial charge in [-0.1, -0.05) is 28.1 Å². The molecule has 0 spiro atoms. The van der Waals surface area contributed by atoms with E-state index in [1.54, 1.807) is 0 Å². The van der Waals surface area contributed by atoms with Crippen LogP contribution in [-0.2, 0) is 4.74 Å². The Morgan fingerprint density at radius 1 is 1.35 bits per heavy atom. The van der Waals surface area contributed by atoms with Gasteiger partial charge in [-0.3, -0.25) is 0 Å². The summed E-state index contributed by atoms with van der Waals surface area (Å²) in [6.45, 7) is 3.91. The third kappa shape index (κ3) is 3.09. The van der Waals surface area contributed by atoms with Gasteiger partial charge >= 0.3 is 0 Å². The van der Waals surface area contributed by atoms with Crippen molar-refractivity contribution in [2.45, 2.75) is 25.8 Å². The minimum absolute atomic E-state index is 0.425. The first-order valence-corrected chi connectivity index (χ1v) is 7.02. The number of hydrogen-bond acceptors (Lipinski definition) is 2. The first-order valence-electron chi connectivity index (χ1n) is 6.23. The molecule has 1 aliphatic rings. The van der Waals surface area contributed by atoms with Crippen molar-refractivity contribution in [3.8, 4) is 0 Å². The Hall–Kier alpha value is -0.380. The number of halogens is 1. The summed E-state index contributed by atoms with van der Waals surface area (Å²) in [7, 11) is 2.05. The van der Waals surface area contributed by atoms with E-state index in [0.29, 0.717) is 12.0 Å². The fourth-order valence-corrected chi connectivity index (χ4v) is 3.32. The lowest BCUT2D eigenvalue weighted by molar-refractivity contribution is 0.0545. The van der Waals surface area contributed by atoms with Crippen LogP contribution in [0.4, 0.5) is 0 Å². The lowest BCUT2D eigenvalue weighted by Gasteiger charge is -2.31. The highest BCUT2D eigenvalue weighted by Gasteiger charge is 2.25. The molecule has 0 aliphatic carbocycles. The van der Waals surface area contributed by atoms with E-state index >= 15 is 0 Å². The molecule has 0 bridgehead atoms. The average Bonchev–Trinajstić information content (AvgIpc) is 2.34. The molecule has 1 N–H and O–H groups in total. The second-order valence-corrected chi connectivity index (χ2v) is 5.60. The molecule has 94 valence electrons. The summed E-state index contributed by atoms with van der Waals surface area (Å²) in [5, 5.41) is 3.46. The van der Waals surface area contributed by atoms with E-state index in [2.05, 4.69) is 46.4 Å². The Kier molecular flexibility index (Phi) is 4.60. The smallest absolute Gasteiger partial charge is 0.0469 e. The summed E-state index contributed by atoms with van der Waals surface area (Å²) in [6, 6.07) is 7.03. The zero-order valence-electron chi connectivity index (χ0n) is 10.5. The summed E-state index contributed by atoms with van der Waals surface area (Å²) in [4.78, 5) is 0. The molecule has 1 aromatic rings. The Bertz CT molecular complexity index is 374. The van der Waals surface area contributed by atoms with Gasteiger partial charge < -0.3 is 10.1 Å². The zero-order valence-corrected chi connectivity index (χ0v) is 12.1. The van der Waals surface area contributed by atoms with Crippen molar-refractivity contribution in [1.29, 1.82) is 0 Å². The van der Waals surface area contributed by atoms with Crippen LogP contribution in [0.5, 0.6) is 0 Å². The van der Waals surface area contributed by atoms with Gasteiger partial charge in [0.05, 0.1) is 0 Å². The van der Waals surface area contributed by atoms with E-state index in [1.807, 2.05) is 7.05 Å². The maximum absolute atomic E-state index is 5.44. The second-order valence-electron chi connectivity index (χ2n) is 4.74. The molecule has 0 amide bonds.